The topological polar surface area (TPSA) is 4.36 Å². The summed E-state index contributed by atoms with van der Waals surface area (Å²) in [5, 5.41) is 0. The van der Waals surface area contributed by atoms with Crippen molar-refractivity contribution in [1.82, 2.24) is 0 Å². The van der Waals surface area contributed by atoms with Gasteiger partial charge in [0.05, 0.1) is 0 Å². The summed E-state index contributed by atoms with van der Waals surface area (Å²) in [5.41, 5.74) is 2.46. The first-order valence-electron chi connectivity index (χ1n) is 3.82. The molecule has 0 spiro atoms. The highest BCUT2D eigenvalue weighted by atomic mass is 79.9. The van der Waals surface area contributed by atoms with Crippen molar-refractivity contribution in [1.29, 1.82) is 0 Å². The molecule has 0 bridgehead atoms. The molecule has 0 aliphatic carbocycles. The maximum Gasteiger partial charge on any atom is 0.218 e. The van der Waals surface area contributed by atoms with Gasteiger partial charge in [0.15, 0.2) is 0 Å². The van der Waals surface area contributed by atoms with E-state index in [4.69, 9.17) is 6.57 Å². The summed E-state index contributed by atoms with van der Waals surface area (Å²) in [6, 6.07) is 6.23. The molecule has 0 atom stereocenters. The highest BCUT2D eigenvalue weighted by Gasteiger charge is 1.97. The first-order chi connectivity index (χ1) is 5.74. The second-order valence-electron chi connectivity index (χ2n) is 2.72. The van der Waals surface area contributed by atoms with Crippen molar-refractivity contribution in [2.45, 2.75) is 13.3 Å². The van der Waals surface area contributed by atoms with Gasteiger partial charge in [-0.05, 0) is 24.1 Å². The molecule has 0 N–H and O–H groups in total. The van der Waals surface area contributed by atoms with E-state index in [9.17, 15) is 0 Å². The van der Waals surface area contributed by atoms with Crippen LogP contribution in [0.1, 0.15) is 11.1 Å². The van der Waals surface area contributed by atoms with Crippen molar-refractivity contribution < 1.29 is 0 Å². The predicted molar refractivity (Wildman–Crippen MR) is 54.1 cm³/mol. The van der Waals surface area contributed by atoms with Crippen LogP contribution in [-0.2, 0) is 6.42 Å². The molecule has 0 fully saturated rings. The van der Waals surface area contributed by atoms with Crippen LogP contribution in [0, 0.1) is 13.5 Å². The van der Waals surface area contributed by atoms with Crippen LogP contribution in [-0.4, -0.2) is 6.54 Å². The predicted octanol–water partition coefficient (Wildman–Crippen LogP) is 3.22. The molecular weight excluding hydrogens is 214 g/mol. The van der Waals surface area contributed by atoms with E-state index in [0.717, 1.165) is 10.9 Å². The zero-order valence-electron chi connectivity index (χ0n) is 6.97. The number of nitrogens with zero attached hydrogens (tertiary/aromatic N) is 1. The van der Waals surface area contributed by atoms with Crippen LogP contribution in [0.3, 0.4) is 0 Å². The first-order valence-corrected chi connectivity index (χ1v) is 4.61. The van der Waals surface area contributed by atoms with E-state index in [1.54, 1.807) is 0 Å². The van der Waals surface area contributed by atoms with Gasteiger partial charge in [0.2, 0.25) is 6.54 Å². The third-order valence-electron chi connectivity index (χ3n) is 1.75. The average Bonchev–Trinajstić information content (AvgIpc) is 2.07. The van der Waals surface area contributed by atoms with Crippen LogP contribution >= 0.6 is 15.9 Å². The third-order valence-corrected chi connectivity index (χ3v) is 2.60. The van der Waals surface area contributed by atoms with E-state index in [-0.39, 0.29) is 0 Å². The molecule has 1 aromatic carbocycles. The number of hydrogen-bond acceptors (Lipinski definition) is 0. The molecule has 0 aromatic heterocycles. The molecule has 1 aromatic rings. The maximum absolute atomic E-state index is 6.66. The SMILES string of the molecule is [C-]#[N+]CCc1ccc(C)c(Br)c1. The molecule has 1 nitrogen and oxygen atoms in total. The van der Waals surface area contributed by atoms with Gasteiger partial charge >= 0.3 is 0 Å². The van der Waals surface area contributed by atoms with E-state index in [0.29, 0.717) is 6.54 Å². The Balaban J connectivity index is 2.77. The number of aryl methyl sites for hydroxylation is 1. The molecule has 2 heteroatoms. The third kappa shape index (κ3) is 2.35. The molecule has 12 heavy (non-hydrogen) atoms. The minimum Gasteiger partial charge on any atom is -0.317 e. The van der Waals surface area contributed by atoms with E-state index in [1.807, 2.05) is 0 Å². The van der Waals surface area contributed by atoms with Crippen LogP contribution in [0.5, 0.6) is 0 Å². The molecule has 1 rings (SSSR count). The highest BCUT2D eigenvalue weighted by Crippen LogP contribution is 2.17. The monoisotopic (exact) mass is 223 g/mol. The summed E-state index contributed by atoms with van der Waals surface area (Å²) in [5.74, 6) is 0. The fraction of sp³-hybridized carbons (Fsp3) is 0.300. The van der Waals surface area contributed by atoms with Crippen molar-refractivity contribution in [3.05, 3.63) is 45.2 Å². The average molecular weight is 224 g/mol. The van der Waals surface area contributed by atoms with Gasteiger partial charge < -0.3 is 4.85 Å². The minimum absolute atomic E-state index is 0.579. The van der Waals surface area contributed by atoms with Gasteiger partial charge in [0.1, 0.15) is 0 Å². The van der Waals surface area contributed by atoms with E-state index >= 15 is 0 Å². The van der Waals surface area contributed by atoms with Gasteiger partial charge in [-0.1, -0.05) is 28.1 Å². The number of rotatable bonds is 2. The normalized spacial score (nSPS) is 9.42. The molecule has 0 saturated heterocycles. The van der Waals surface area contributed by atoms with Crippen LogP contribution in [0.2, 0.25) is 0 Å². The van der Waals surface area contributed by atoms with Crippen molar-refractivity contribution in [2.75, 3.05) is 6.54 Å². The summed E-state index contributed by atoms with van der Waals surface area (Å²) in [7, 11) is 0. The Bertz CT molecular complexity index is 312. The molecule has 0 radical (unpaired) electrons. The van der Waals surface area contributed by atoms with Gasteiger partial charge in [-0.3, -0.25) is 0 Å². The molecule has 0 aliphatic rings. The maximum atomic E-state index is 6.66. The lowest BCUT2D eigenvalue weighted by Gasteiger charge is -2.00. The molecule has 0 amide bonds. The fourth-order valence-electron chi connectivity index (χ4n) is 0.977. The van der Waals surface area contributed by atoms with Gasteiger partial charge in [0.25, 0.3) is 0 Å². The van der Waals surface area contributed by atoms with Gasteiger partial charge in [-0.25, -0.2) is 6.57 Å². The Morgan fingerprint density at radius 1 is 1.50 bits per heavy atom. The molecule has 0 heterocycles. The Morgan fingerprint density at radius 2 is 2.25 bits per heavy atom. The van der Waals surface area contributed by atoms with E-state index in [1.165, 1.54) is 11.1 Å². The number of hydrogen-bond donors (Lipinski definition) is 0. The lowest BCUT2D eigenvalue weighted by molar-refractivity contribution is 1.07. The number of halogens is 1. The summed E-state index contributed by atoms with van der Waals surface area (Å²) < 4.78 is 1.13. The van der Waals surface area contributed by atoms with Crippen LogP contribution in [0.4, 0.5) is 0 Å². The second kappa shape index (κ2) is 4.27. The standard InChI is InChI=1S/C10H10BrN/c1-8-3-4-9(5-6-12-2)7-10(8)11/h3-4,7H,5-6H2,1H3. The zero-order valence-corrected chi connectivity index (χ0v) is 8.56. The Hall–Kier alpha value is -0.810. The van der Waals surface area contributed by atoms with E-state index in [2.05, 4.69) is 45.9 Å². The lowest BCUT2D eigenvalue weighted by atomic mass is 10.1. The van der Waals surface area contributed by atoms with Crippen molar-refractivity contribution in [3.8, 4) is 0 Å². The Labute approximate surface area is 81.4 Å². The van der Waals surface area contributed by atoms with Gasteiger partial charge in [0, 0.05) is 10.9 Å². The summed E-state index contributed by atoms with van der Waals surface area (Å²) in [6.45, 7) is 9.30. The van der Waals surface area contributed by atoms with Crippen LogP contribution in [0.15, 0.2) is 22.7 Å². The Kier molecular flexibility index (Phi) is 3.31. The van der Waals surface area contributed by atoms with Crippen LogP contribution < -0.4 is 0 Å². The first kappa shape index (κ1) is 9.28. The van der Waals surface area contributed by atoms with Gasteiger partial charge in [-0.15, -0.1) is 0 Å². The second-order valence-corrected chi connectivity index (χ2v) is 3.57. The summed E-state index contributed by atoms with van der Waals surface area (Å²) in [6.07, 6.45) is 0.850. The van der Waals surface area contributed by atoms with Gasteiger partial charge in [-0.2, -0.15) is 0 Å². The molecule has 0 aliphatic heterocycles. The van der Waals surface area contributed by atoms with E-state index < -0.39 is 0 Å². The van der Waals surface area contributed by atoms with Crippen molar-refractivity contribution in [3.63, 3.8) is 0 Å². The quantitative estimate of drug-likeness (QED) is 0.679. The smallest absolute Gasteiger partial charge is 0.218 e. The van der Waals surface area contributed by atoms with Crippen molar-refractivity contribution >= 4 is 15.9 Å². The molecule has 62 valence electrons. The Morgan fingerprint density at radius 3 is 2.83 bits per heavy atom. The highest BCUT2D eigenvalue weighted by molar-refractivity contribution is 9.10. The zero-order chi connectivity index (χ0) is 8.97. The summed E-state index contributed by atoms with van der Waals surface area (Å²) >= 11 is 3.46. The molecule has 0 saturated carbocycles. The molecule has 0 unspecified atom stereocenters. The summed E-state index contributed by atoms with van der Waals surface area (Å²) in [4.78, 5) is 3.32. The van der Waals surface area contributed by atoms with Crippen molar-refractivity contribution in [2.24, 2.45) is 0 Å². The minimum atomic E-state index is 0.579. The number of benzene rings is 1. The molecular formula is C10H10BrN. The fourth-order valence-corrected chi connectivity index (χ4v) is 1.40. The lowest BCUT2D eigenvalue weighted by Crippen LogP contribution is -1.88. The largest absolute Gasteiger partial charge is 0.317 e. The van der Waals surface area contributed by atoms with Crippen LogP contribution in [0.25, 0.3) is 4.85 Å².